The molecule has 6 heteroatoms. The van der Waals surface area contributed by atoms with Crippen LogP contribution in [0.15, 0.2) is 18.2 Å². The number of fused-ring (bicyclic) bond motifs is 1. The molecule has 0 fully saturated rings. The Morgan fingerprint density at radius 2 is 1.45 bits per heavy atom. The van der Waals surface area contributed by atoms with Crippen molar-refractivity contribution in [3.8, 4) is 5.75 Å². The van der Waals surface area contributed by atoms with E-state index in [1.165, 1.54) is 77.0 Å². The molecule has 5 nitrogen and oxygen atoms in total. The second-order valence-corrected chi connectivity index (χ2v) is 8.82. The first kappa shape index (κ1) is 23.7. The van der Waals surface area contributed by atoms with Crippen LogP contribution in [0, 0.1) is 0 Å². The van der Waals surface area contributed by atoms with E-state index in [1.54, 1.807) is 18.2 Å². The van der Waals surface area contributed by atoms with E-state index >= 15 is 0 Å². The Balaban J connectivity index is 1.39. The molecule has 1 aromatic rings. The molecule has 29 heavy (non-hydrogen) atoms. The standard InChI is InChI=1S/C23H38N2O3S/c1-2-3-4-5-6-7-8-9-10-11-12-13-14-15-18-24-23(26)20-16-17-22-21(19-20)25-29(27)28-22/h16-17,19,25H,2-15,18H2,1H3,(H,24,26). The lowest BCUT2D eigenvalue weighted by molar-refractivity contribution is 0.0953. The largest absolute Gasteiger partial charge is 0.383 e. The van der Waals surface area contributed by atoms with Gasteiger partial charge in [0, 0.05) is 12.1 Å². The van der Waals surface area contributed by atoms with Crippen molar-refractivity contribution in [2.24, 2.45) is 0 Å². The lowest BCUT2D eigenvalue weighted by Crippen LogP contribution is -2.24. The zero-order valence-electron chi connectivity index (χ0n) is 18.0. The average molecular weight is 423 g/mol. The Morgan fingerprint density at radius 1 is 0.897 bits per heavy atom. The van der Waals surface area contributed by atoms with Crippen molar-refractivity contribution < 1.29 is 13.2 Å². The molecule has 1 atom stereocenters. The summed E-state index contributed by atoms with van der Waals surface area (Å²) in [5, 5.41) is 2.96. The summed E-state index contributed by atoms with van der Waals surface area (Å²) in [6, 6.07) is 5.05. The van der Waals surface area contributed by atoms with Gasteiger partial charge in [0.2, 0.25) is 0 Å². The van der Waals surface area contributed by atoms with Crippen LogP contribution in [-0.2, 0) is 11.3 Å². The van der Waals surface area contributed by atoms with Gasteiger partial charge >= 0.3 is 11.3 Å². The SMILES string of the molecule is CCCCCCCCCCCCCCCCNC(=O)c1ccc2c(c1)NS(=O)O2. The number of hydrogen-bond acceptors (Lipinski definition) is 3. The number of rotatable bonds is 16. The van der Waals surface area contributed by atoms with E-state index in [0.717, 1.165) is 12.8 Å². The highest BCUT2D eigenvalue weighted by molar-refractivity contribution is 7.82. The van der Waals surface area contributed by atoms with Gasteiger partial charge < -0.3 is 9.50 Å². The maximum atomic E-state index is 12.2. The van der Waals surface area contributed by atoms with Gasteiger partial charge in [-0.3, -0.25) is 9.52 Å². The van der Waals surface area contributed by atoms with Gasteiger partial charge in [0.05, 0.1) is 5.69 Å². The van der Waals surface area contributed by atoms with Crippen molar-refractivity contribution in [2.75, 3.05) is 11.3 Å². The Bertz CT molecular complexity index is 637. The molecule has 0 spiro atoms. The summed E-state index contributed by atoms with van der Waals surface area (Å²) >= 11 is -1.54. The van der Waals surface area contributed by atoms with Gasteiger partial charge in [-0.2, -0.15) is 4.21 Å². The third-order valence-electron chi connectivity index (χ3n) is 5.42. The van der Waals surface area contributed by atoms with Crippen molar-refractivity contribution in [1.82, 2.24) is 5.32 Å². The number of carbonyl (C=O) groups is 1. The number of unbranched alkanes of at least 4 members (excludes halogenated alkanes) is 13. The molecule has 2 rings (SSSR count). The lowest BCUT2D eigenvalue weighted by Gasteiger charge is -2.06. The molecule has 164 valence electrons. The number of benzene rings is 1. The molecule has 1 heterocycles. The molecule has 0 aliphatic carbocycles. The molecule has 1 amide bonds. The highest BCUT2D eigenvalue weighted by atomic mass is 32.2. The lowest BCUT2D eigenvalue weighted by atomic mass is 10.0. The quantitative estimate of drug-likeness (QED) is 0.308. The fourth-order valence-electron chi connectivity index (χ4n) is 3.64. The number of amides is 1. The Kier molecular flexibility index (Phi) is 11.8. The highest BCUT2D eigenvalue weighted by Crippen LogP contribution is 2.31. The van der Waals surface area contributed by atoms with Gasteiger partial charge in [-0.25, -0.2) is 0 Å². The zero-order valence-corrected chi connectivity index (χ0v) is 18.8. The summed E-state index contributed by atoms with van der Waals surface area (Å²) in [5.41, 5.74) is 1.16. The van der Waals surface area contributed by atoms with Crippen LogP contribution in [0.1, 0.15) is 107 Å². The van der Waals surface area contributed by atoms with Crippen LogP contribution in [0.5, 0.6) is 5.75 Å². The van der Waals surface area contributed by atoms with Crippen molar-refractivity contribution >= 4 is 22.9 Å². The van der Waals surface area contributed by atoms with E-state index in [1.807, 2.05) is 0 Å². The van der Waals surface area contributed by atoms with Gasteiger partial charge in [0.15, 0.2) is 5.75 Å². The van der Waals surface area contributed by atoms with Crippen molar-refractivity contribution in [1.29, 1.82) is 0 Å². The van der Waals surface area contributed by atoms with E-state index in [-0.39, 0.29) is 5.91 Å². The van der Waals surface area contributed by atoms with Gasteiger partial charge in [-0.15, -0.1) is 0 Å². The smallest absolute Gasteiger partial charge is 0.316 e. The average Bonchev–Trinajstić information content (AvgIpc) is 3.09. The minimum atomic E-state index is -1.54. The number of anilines is 1. The van der Waals surface area contributed by atoms with Crippen molar-refractivity contribution in [2.45, 2.75) is 96.8 Å². The van der Waals surface area contributed by atoms with Gasteiger partial charge in [0.25, 0.3) is 5.91 Å². The van der Waals surface area contributed by atoms with Crippen LogP contribution in [0.4, 0.5) is 5.69 Å². The maximum Gasteiger partial charge on any atom is 0.316 e. The van der Waals surface area contributed by atoms with Crippen LogP contribution in [-0.4, -0.2) is 16.7 Å². The fourth-order valence-corrected chi connectivity index (χ4v) is 4.33. The molecule has 0 saturated heterocycles. The van der Waals surface area contributed by atoms with Crippen LogP contribution >= 0.6 is 0 Å². The van der Waals surface area contributed by atoms with Crippen LogP contribution in [0.3, 0.4) is 0 Å². The Labute approximate surface area is 179 Å². The van der Waals surface area contributed by atoms with Gasteiger partial charge in [-0.1, -0.05) is 90.4 Å². The topological polar surface area (TPSA) is 67.4 Å². The molecule has 0 saturated carbocycles. The number of nitrogens with one attached hydrogen (secondary N) is 2. The summed E-state index contributed by atoms with van der Waals surface area (Å²) in [6.45, 7) is 2.97. The van der Waals surface area contributed by atoms with E-state index < -0.39 is 11.3 Å². The summed E-state index contributed by atoms with van der Waals surface area (Å²) in [6.07, 6.45) is 18.6. The third kappa shape index (κ3) is 9.66. The first-order chi connectivity index (χ1) is 14.2. The van der Waals surface area contributed by atoms with E-state index in [9.17, 15) is 9.00 Å². The third-order valence-corrected chi connectivity index (χ3v) is 6.13. The summed E-state index contributed by atoms with van der Waals surface area (Å²) in [4.78, 5) is 12.2. The molecule has 0 bridgehead atoms. The molecule has 0 aromatic heterocycles. The van der Waals surface area contributed by atoms with Gasteiger partial charge in [-0.05, 0) is 24.6 Å². The molecule has 1 unspecified atom stereocenters. The number of hydrogen-bond donors (Lipinski definition) is 2. The van der Waals surface area contributed by atoms with Crippen molar-refractivity contribution in [3.05, 3.63) is 23.8 Å². The molecule has 1 aromatic carbocycles. The second-order valence-electron chi connectivity index (χ2n) is 7.98. The predicted molar refractivity (Wildman–Crippen MR) is 121 cm³/mol. The molecular weight excluding hydrogens is 384 g/mol. The minimum Gasteiger partial charge on any atom is -0.383 e. The van der Waals surface area contributed by atoms with Crippen LogP contribution < -0.4 is 14.2 Å². The first-order valence-electron chi connectivity index (χ1n) is 11.5. The normalized spacial score (nSPS) is 14.9. The summed E-state index contributed by atoms with van der Waals surface area (Å²) in [5.74, 6) is 0.425. The number of carbonyl (C=O) groups excluding carboxylic acids is 1. The summed E-state index contributed by atoms with van der Waals surface area (Å²) in [7, 11) is 0. The van der Waals surface area contributed by atoms with E-state index in [0.29, 0.717) is 23.5 Å². The molecular formula is C23H38N2O3S. The van der Waals surface area contributed by atoms with Crippen LogP contribution in [0.25, 0.3) is 0 Å². The van der Waals surface area contributed by atoms with Gasteiger partial charge in [0.1, 0.15) is 0 Å². The van der Waals surface area contributed by atoms with Crippen LogP contribution in [0.2, 0.25) is 0 Å². The highest BCUT2D eigenvalue weighted by Gasteiger charge is 2.19. The fraction of sp³-hybridized carbons (Fsp3) is 0.696. The summed E-state index contributed by atoms with van der Waals surface area (Å²) < 4.78 is 19.0. The minimum absolute atomic E-state index is 0.0954. The predicted octanol–water partition coefficient (Wildman–Crippen LogP) is 6.28. The molecule has 0 radical (unpaired) electrons. The van der Waals surface area contributed by atoms with E-state index in [2.05, 4.69) is 17.0 Å². The molecule has 2 N–H and O–H groups in total. The zero-order chi connectivity index (χ0) is 20.7. The second kappa shape index (κ2) is 14.4. The first-order valence-corrected chi connectivity index (χ1v) is 12.6. The monoisotopic (exact) mass is 422 g/mol. The van der Waals surface area contributed by atoms with Crippen molar-refractivity contribution in [3.63, 3.8) is 0 Å². The Morgan fingerprint density at radius 3 is 2.03 bits per heavy atom. The maximum absolute atomic E-state index is 12.2. The molecule has 1 aliphatic heterocycles. The van der Waals surface area contributed by atoms with E-state index in [4.69, 9.17) is 4.18 Å². The Hall–Kier alpha value is -1.56. The molecule has 1 aliphatic rings.